The topological polar surface area (TPSA) is 116 Å². The van der Waals surface area contributed by atoms with Gasteiger partial charge in [0.25, 0.3) is 0 Å². The fourth-order valence-corrected chi connectivity index (χ4v) is 5.15. The van der Waals surface area contributed by atoms with Crippen LogP contribution in [0.5, 0.6) is 0 Å². The van der Waals surface area contributed by atoms with E-state index in [1.165, 1.54) is 0 Å². The zero-order valence-corrected chi connectivity index (χ0v) is 14.9. The predicted octanol–water partition coefficient (Wildman–Crippen LogP) is 0.861. The molecule has 1 aliphatic carbocycles. The number of hydrogen-bond acceptors (Lipinski definition) is 5. The van der Waals surface area contributed by atoms with E-state index >= 15 is 0 Å². The third kappa shape index (κ3) is 4.91. The SMILES string of the molecule is N#C[C@@H]1CCCN1C(=O)[C@@H](N)CCCNS(=O)(=O)C1CCCCC1. The van der Waals surface area contributed by atoms with Crippen LogP contribution in [0.15, 0.2) is 0 Å². The van der Waals surface area contributed by atoms with Crippen molar-refractivity contribution in [2.24, 2.45) is 5.73 Å². The zero-order chi connectivity index (χ0) is 17.6. The van der Waals surface area contributed by atoms with E-state index in [2.05, 4.69) is 10.8 Å². The van der Waals surface area contributed by atoms with Gasteiger partial charge in [0.15, 0.2) is 0 Å². The van der Waals surface area contributed by atoms with Crippen molar-refractivity contribution in [2.75, 3.05) is 13.1 Å². The maximum absolute atomic E-state index is 12.3. The minimum Gasteiger partial charge on any atom is -0.325 e. The first kappa shape index (κ1) is 19.2. The molecule has 1 aliphatic heterocycles. The largest absolute Gasteiger partial charge is 0.325 e. The molecule has 1 saturated carbocycles. The Balaban J connectivity index is 1.71. The summed E-state index contributed by atoms with van der Waals surface area (Å²) in [5.41, 5.74) is 5.93. The number of nitrogens with zero attached hydrogens (tertiary/aromatic N) is 2. The summed E-state index contributed by atoms with van der Waals surface area (Å²) in [7, 11) is -3.26. The number of amides is 1. The van der Waals surface area contributed by atoms with E-state index in [0.717, 1.165) is 38.5 Å². The van der Waals surface area contributed by atoms with Crippen molar-refractivity contribution in [3.8, 4) is 6.07 Å². The summed E-state index contributed by atoms with van der Waals surface area (Å²) in [4.78, 5) is 13.8. The van der Waals surface area contributed by atoms with Gasteiger partial charge in [-0.05, 0) is 38.5 Å². The van der Waals surface area contributed by atoms with Crippen LogP contribution in [-0.2, 0) is 14.8 Å². The lowest BCUT2D eigenvalue weighted by atomic mass is 10.0. The summed E-state index contributed by atoms with van der Waals surface area (Å²) in [5, 5.41) is 8.76. The molecule has 2 fully saturated rings. The van der Waals surface area contributed by atoms with Crippen LogP contribution in [0.4, 0.5) is 0 Å². The van der Waals surface area contributed by atoms with Crippen molar-refractivity contribution >= 4 is 15.9 Å². The maximum Gasteiger partial charge on any atom is 0.240 e. The Morgan fingerprint density at radius 3 is 2.62 bits per heavy atom. The van der Waals surface area contributed by atoms with Crippen molar-refractivity contribution < 1.29 is 13.2 Å². The Kier molecular flexibility index (Phi) is 7.02. The van der Waals surface area contributed by atoms with E-state index < -0.39 is 16.1 Å². The standard InChI is InChI=1S/C16H28N4O3S/c17-12-13-6-5-11-20(13)16(21)15(18)9-4-10-19-24(22,23)14-7-2-1-3-8-14/h13-15,19H,1-11,18H2/t13-,15-/m0/s1. The van der Waals surface area contributed by atoms with Gasteiger partial charge in [0, 0.05) is 13.1 Å². The van der Waals surface area contributed by atoms with E-state index in [-0.39, 0.29) is 17.2 Å². The molecule has 0 unspecified atom stereocenters. The van der Waals surface area contributed by atoms with Gasteiger partial charge in [-0.3, -0.25) is 4.79 Å². The molecule has 2 aliphatic rings. The molecule has 1 heterocycles. The van der Waals surface area contributed by atoms with Crippen LogP contribution < -0.4 is 10.5 Å². The lowest BCUT2D eigenvalue weighted by Gasteiger charge is -2.24. The van der Waals surface area contributed by atoms with Gasteiger partial charge in [-0.15, -0.1) is 0 Å². The van der Waals surface area contributed by atoms with Crippen LogP contribution in [0.25, 0.3) is 0 Å². The Labute approximate surface area is 144 Å². The number of carbonyl (C=O) groups is 1. The summed E-state index contributed by atoms with van der Waals surface area (Å²) >= 11 is 0. The minimum atomic E-state index is -3.26. The normalized spacial score (nSPS) is 23.8. The van der Waals surface area contributed by atoms with Crippen molar-refractivity contribution in [3.05, 3.63) is 0 Å². The number of hydrogen-bond donors (Lipinski definition) is 2. The molecule has 136 valence electrons. The average molecular weight is 356 g/mol. The molecular formula is C16H28N4O3S. The molecule has 0 aromatic carbocycles. The van der Waals surface area contributed by atoms with Gasteiger partial charge in [0.2, 0.25) is 15.9 Å². The molecule has 0 radical (unpaired) electrons. The fourth-order valence-electron chi connectivity index (χ4n) is 3.53. The molecule has 0 bridgehead atoms. The van der Waals surface area contributed by atoms with Crippen LogP contribution in [0, 0.1) is 11.3 Å². The Hall–Kier alpha value is -1.17. The summed E-state index contributed by atoms with van der Waals surface area (Å²) in [6.45, 7) is 0.889. The number of likely N-dealkylation sites (tertiary alicyclic amines) is 1. The van der Waals surface area contributed by atoms with E-state index in [1.54, 1.807) is 4.90 Å². The molecule has 1 amide bonds. The van der Waals surface area contributed by atoms with Gasteiger partial charge in [-0.25, -0.2) is 13.1 Å². The average Bonchev–Trinajstić information content (AvgIpc) is 3.07. The number of nitriles is 1. The zero-order valence-electron chi connectivity index (χ0n) is 14.1. The van der Waals surface area contributed by atoms with Gasteiger partial charge in [0.05, 0.1) is 17.4 Å². The molecule has 8 heteroatoms. The highest BCUT2D eigenvalue weighted by Gasteiger charge is 2.31. The van der Waals surface area contributed by atoms with Crippen molar-refractivity contribution in [1.82, 2.24) is 9.62 Å². The van der Waals surface area contributed by atoms with Gasteiger partial charge >= 0.3 is 0 Å². The van der Waals surface area contributed by atoms with Gasteiger partial charge in [-0.1, -0.05) is 19.3 Å². The molecule has 3 N–H and O–H groups in total. The van der Waals surface area contributed by atoms with Gasteiger partial charge < -0.3 is 10.6 Å². The smallest absolute Gasteiger partial charge is 0.240 e. The van der Waals surface area contributed by atoms with Gasteiger partial charge in [0.1, 0.15) is 6.04 Å². The first-order valence-electron chi connectivity index (χ1n) is 8.90. The Morgan fingerprint density at radius 2 is 1.96 bits per heavy atom. The molecular weight excluding hydrogens is 328 g/mol. The Morgan fingerprint density at radius 1 is 1.25 bits per heavy atom. The van der Waals surface area contributed by atoms with Crippen molar-refractivity contribution in [1.29, 1.82) is 5.26 Å². The molecule has 7 nitrogen and oxygen atoms in total. The summed E-state index contributed by atoms with van der Waals surface area (Å²) in [6, 6.07) is 1.10. The van der Waals surface area contributed by atoms with Crippen molar-refractivity contribution in [2.45, 2.75) is 75.1 Å². The predicted molar refractivity (Wildman–Crippen MR) is 91.4 cm³/mol. The number of sulfonamides is 1. The summed E-state index contributed by atoms with van der Waals surface area (Å²) < 4.78 is 27.1. The van der Waals surface area contributed by atoms with Crippen LogP contribution in [0.3, 0.4) is 0 Å². The highest BCUT2D eigenvalue weighted by atomic mass is 32.2. The Bertz CT molecular complexity index is 566. The third-order valence-electron chi connectivity index (χ3n) is 4.99. The molecule has 0 aromatic rings. The van der Waals surface area contributed by atoms with E-state index in [1.807, 2.05) is 0 Å². The van der Waals surface area contributed by atoms with Gasteiger partial charge in [-0.2, -0.15) is 5.26 Å². The van der Waals surface area contributed by atoms with Crippen molar-refractivity contribution in [3.63, 3.8) is 0 Å². The molecule has 2 atom stereocenters. The van der Waals surface area contributed by atoms with Crippen LogP contribution in [0.2, 0.25) is 0 Å². The molecule has 0 aromatic heterocycles. The van der Waals surface area contributed by atoms with E-state index in [9.17, 15) is 13.2 Å². The van der Waals surface area contributed by atoms with E-state index in [0.29, 0.717) is 32.4 Å². The second-order valence-corrected chi connectivity index (χ2v) is 8.81. The first-order chi connectivity index (χ1) is 11.5. The quantitative estimate of drug-likeness (QED) is 0.656. The molecule has 24 heavy (non-hydrogen) atoms. The summed E-state index contributed by atoms with van der Waals surface area (Å²) in [5.74, 6) is -0.200. The lowest BCUT2D eigenvalue weighted by Crippen LogP contribution is -2.46. The van der Waals surface area contributed by atoms with Crippen LogP contribution >= 0.6 is 0 Å². The summed E-state index contributed by atoms with van der Waals surface area (Å²) in [6.07, 6.45) is 7.00. The minimum absolute atomic E-state index is 0.200. The second kappa shape index (κ2) is 8.79. The fraction of sp³-hybridized carbons (Fsp3) is 0.875. The van der Waals surface area contributed by atoms with E-state index in [4.69, 9.17) is 11.0 Å². The molecule has 2 rings (SSSR count). The second-order valence-electron chi connectivity index (χ2n) is 6.77. The third-order valence-corrected chi connectivity index (χ3v) is 6.94. The van der Waals surface area contributed by atoms with Crippen LogP contribution in [0.1, 0.15) is 57.8 Å². The lowest BCUT2D eigenvalue weighted by molar-refractivity contribution is -0.132. The first-order valence-corrected chi connectivity index (χ1v) is 10.4. The maximum atomic E-state index is 12.3. The number of carbonyl (C=O) groups excluding carboxylic acids is 1. The number of nitrogens with two attached hydrogens (primary N) is 1. The number of rotatable bonds is 7. The highest BCUT2D eigenvalue weighted by molar-refractivity contribution is 7.90. The van der Waals surface area contributed by atoms with Crippen LogP contribution in [-0.4, -0.2) is 49.6 Å². The number of nitrogens with one attached hydrogen (secondary N) is 1. The monoisotopic (exact) mass is 356 g/mol. The molecule has 0 spiro atoms. The highest BCUT2D eigenvalue weighted by Crippen LogP contribution is 2.23. The molecule has 1 saturated heterocycles.